The lowest BCUT2D eigenvalue weighted by Gasteiger charge is -2.32. The van der Waals surface area contributed by atoms with E-state index in [9.17, 15) is 4.79 Å². The number of para-hydroxylation sites is 1. The Bertz CT molecular complexity index is 795. The first kappa shape index (κ1) is 21.2. The Morgan fingerprint density at radius 1 is 1.10 bits per heavy atom. The minimum atomic E-state index is -0.542. The Morgan fingerprint density at radius 2 is 1.76 bits per heavy atom. The molecule has 2 aromatic carbocycles. The average Bonchev–Trinajstić information content (AvgIpc) is 2.74. The predicted molar refractivity (Wildman–Crippen MR) is 120 cm³/mol. The maximum absolute atomic E-state index is 12.6. The van der Waals surface area contributed by atoms with Crippen molar-refractivity contribution in [1.29, 1.82) is 0 Å². The summed E-state index contributed by atoms with van der Waals surface area (Å²) in [6, 6.07) is 16.4. The first-order valence-electron chi connectivity index (χ1n) is 10.9. The third kappa shape index (κ3) is 5.53. The number of nitrogens with zero attached hydrogens (tertiary/aromatic N) is 1. The average molecular weight is 395 g/mol. The van der Waals surface area contributed by atoms with E-state index in [0.717, 1.165) is 42.3 Å². The first-order chi connectivity index (χ1) is 14.0. The van der Waals surface area contributed by atoms with E-state index in [1.165, 1.54) is 18.5 Å². The summed E-state index contributed by atoms with van der Waals surface area (Å²) in [5.41, 5.74) is 3.49. The molecule has 156 valence electrons. The highest BCUT2D eigenvalue weighted by Crippen LogP contribution is 2.25. The lowest BCUT2D eigenvalue weighted by atomic mass is 9.98. The van der Waals surface area contributed by atoms with Gasteiger partial charge >= 0.3 is 0 Å². The zero-order chi connectivity index (χ0) is 20.8. The van der Waals surface area contributed by atoms with Crippen LogP contribution in [0.2, 0.25) is 0 Å². The van der Waals surface area contributed by atoms with Crippen molar-refractivity contribution in [2.45, 2.75) is 59.1 Å². The number of piperidine rings is 1. The van der Waals surface area contributed by atoms with Crippen molar-refractivity contribution in [2.75, 3.05) is 18.0 Å². The Hall–Kier alpha value is -2.49. The molecule has 0 saturated carbocycles. The van der Waals surface area contributed by atoms with Crippen LogP contribution >= 0.6 is 0 Å². The Kier molecular flexibility index (Phi) is 7.18. The third-order valence-electron chi connectivity index (χ3n) is 5.93. The summed E-state index contributed by atoms with van der Waals surface area (Å²) in [5.74, 6) is 1.51. The molecule has 1 aliphatic heterocycles. The van der Waals surface area contributed by atoms with Crippen molar-refractivity contribution in [3.63, 3.8) is 0 Å². The molecule has 1 heterocycles. The molecule has 1 aliphatic rings. The number of amides is 1. The van der Waals surface area contributed by atoms with Crippen molar-refractivity contribution in [2.24, 2.45) is 5.92 Å². The second-order valence-corrected chi connectivity index (χ2v) is 8.21. The molecule has 2 atom stereocenters. The van der Waals surface area contributed by atoms with E-state index < -0.39 is 6.10 Å². The number of ether oxygens (including phenoxy) is 1. The number of carbonyl (C=O) groups excluding carboxylic acids is 1. The second-order valence-electron chi connectivity index (χ2n) is 8.21. The Morgan fingerprint density at radius 3 is 2.41 bits per heavy atom. The maximum atomic E-state index is 12.6. The molecule has 1 fully saturated rings. The zero-order valence-corrected chi connectivity index (χ0v) is 18.2. The Balaban J connectivity index is 1.56. The van der Waals surface area contributed by atoms with Gasteiger partial charge in [0.25, 0.3) is 5.91 Å². The van der Waals surface area contributed by atoms with Gasteiger partial charge in [0, 0.05) is 18.8 Å². The van der Waals surface area contributed by atoms with Gasteiger partial charge in [0.05, 0.1) is 6.04 Å². The molecule has 1 N–H and O–H groups in total. The number of carbonyl (C=O) groups is 1. The number of hydrogen-bond donors (Lipinski definition) is 1. The number of hydrogen-bond acceptors (Lipinski definition) is 3. The molecular formula is C25H34N2O2. The monoisotopic (exact) mass is 394 g/mol. The molecule has 0 unspecified atom stereocenters. The summed E-state index contributed by atoms with van der Waals surface area (Å²) < 4.78 is 5.92. The van der Waals surface area contributed by atoms with E-state index in [4.69, 9.17) is 4.74 Å². The molecular weight excluding hydrogens is 360 g/mol. The van der Waals surface area contributed by atoms with Gasteiger partial charge in [-0.15, -0.1) is 0 Å². The number of anilines is 1. The topological polar surface area (TPSA) is 41.6 Å². The van der Waals surface area contributed by atoms with Crippen molar-refractivity contribution in [3.8, 4) is 5.75 Å². The van der Waals surface area contributed by atoms with Crippen LogP contribution in [0.3, 0.4) is 0 Å². The third-order valence-corrected chi connectivity index (χ3v) is 5.93. The molecule has 0 bridgehead atoms. The molecule has 1 amide bonds. The summed E-state index contributed by atoms with van der Waals surface area (Å²) >= 11 is 0. The van der Waals surface area contributed by atoms with Gasteiger partial charge in [-0.1, -0.05) is 44.2 Å². The van der Waals surface area contributed by atoms with E-state index in [-0.39, 0.29) is 11.9 Å². The Labute approximate surface area is 175 Å². The van der Waals surface area contributed by atoms with Gasteiger partial charge in [-0.05, 0) is 68.4 Å². The van der Waals surface area contributed by atoms with Gasteiger partial charge in [-0.25, -0.2) is 0 Å². The van der Waals surface area contributed by atoms with Crippen LogP contribution in [0, 0.1) is 5.92 Å². The zero-order valence-electron chi connectivity index (χ0n) is 18.2. The van der Waals surface area contributed by atoms with Gasteiger partial charge in [0.15, 0.2) is 6.10 Å². The quantitative estimate of drug-likeness (QED) is 0.708. The number of rotatable bonds is 7. The van der Waals surface area contributed by atoms with Crippen LogP contribution < -0.4 is 15.0 Å². The van der Waals surface area contributed by atoms with Crippen molar-refractivity contribution >= 4 is 11.6 Å². The van der Waals surface area contributed by atoms with Crippen molar-refractivity contribution in [1.82, 2.24) is 5.32 Å². The molecule has 4 heteroatoms. The second kappa shape index (κ2) is 9.82. The molecule has 4 nitrogen and oxygen atoms in total. The van der Waals surface area contributed by atoms with Crippen LogP contribution in [-0.4, -0.2) is 25.1 Å². The van der Waals surface area contributed by atoms with Crippen LogP contribution in [0.25, 0.3) is 0 Å². The highest BCUT2D eigenvalue weighted by molar-refractivity contribution is 5.81. The molecule has 0 aromatic heterocycles. The summed E-state index contributed by atoms with van der Waals surface area (Å²) in [5, 5.41) is 3.08. The predicted octanol–water partition coefficient (Wildman–Crippen LogP) is 5.13. The fraction of sp³-hybridized carbons (Fsp3) is 0.480. The smallest absolute Gasteiger partial charge is 0.261 e. The molecule has 1 saturated heterocycles. The number of aryl methyl sites for hydroxylation is 1. The standard InChI is InChI=1S/C25H34N2O2/c1-5-21-8-6-7-9-24(21)29-20(4)25(28)26-19(3)22-10-12-23(13-11-22)27-16-14-18(2)15-17-27/h6-13,18-20H,5,14-17H2,1-4H3,(H,26,28)/t19-,20+/m1/s1. The van der Waals surface area contributed by atoms with E-state index >= 15 is 0 Å². The fourth-order valence-electron chi connectivity index (χ4n) is 3.81. The highest BCUT2D eigenvalue weighted by atomic mass is 16.5. The summed E-state index contributed by atoms with van der Waals surface area (Å²) in [7, 11) is 0. The van der Waals surface area contributed by atoms with Crippen LogP contribution in [0.5, 0.6) is 5.75 Å². The lowest BCUT2D eigenvalue weighted by Crippen LogP contribution is -2.38. The lowest BCUT2D eigenvalue weighted by molar-refractivity contribution is -0.127. The van der Waals surface area contributed by atoms with Crippen molar-refractivity contribution in [3.05, 3.63) is 59.7 Å². The fourth-order valence-corrected chi connectivity index (χ4v) is 3.81. The number of benzene rings is 2. The van der Waals surface area contributed by atoms with Gasteiger partial charge in [0.1, 0.15) is 5.75 Å². The van der Waals surface area contributed by atoms with Gasteiger partial charge < -0.3 is 15.0 Å². The molecule has 0 spiro atoms. The van der Waals surface area contributed by atoms with Gasteiger partial charge in [0.2, 0.25) is 0 Å². The SMILES string of the molecule is CCc1ccccc1O[C@@H](C)C(=O)N[C@H](C)c1ccc(N2CCC(C)CC2)cc1. The van der Waals surface area contributed by atoms with Crippen LogP contribution in [0.1, 0.15) is 57.7 Å². The molecule has 2 aromatic rings. The maximum Gasteiger partial charge on any atom is 0.261 e. The highest BCUT2D eigenvalue weighted by Gasteiger charge is 2.20. The van der Waals surface area contributed by atoms with E-state index in [1.807, 2.05) is 31.2 Å². The first-order valence-corrected chi connectivity index (χ1v) is 10.9. The summed E-state index contributed by atoms with van der Waals surface area (Å²) in [4.78, 5) is 15.1. The van der Waals surface area contributed by atoms with E-state index in [1.54, 1.807) is 6.92 Å². The van der Waals surface area contributed by atoms with E-state index in [2.05, 4.69) is 48.3 Å². The van der Waals surface area contributed by atoms with E-state index in [0.29, 0.717) is 0 Å². The minimum absolute atomic E-state index is 0.0644. The molecule has 0 radical (unpaired) electrons. The minimum Gasteiger partial charge on any atom is -0.481 e. The molecule has 0 aliphatic carbocycles. The summed E-state index contributed by atoms with van der Waals surface area (Å²) in [6.07, 6.45) is 2.85. The number of nitrogens with one attached hydrogen (secondary N) is 1. The largest absolute Gasteiger partial charge is 0.481 e. The van der Waals surface area contributed by atoms with Crippen LogP contribution in [-0.2, 0) is 11.2 Å². The molecule has 3 rings (SSSR count). The van der Waals surface area contributed by atoms with Crippen molar-refractivity contribution < 1.29 is 9.53 Å². The van der Waals surface area contributed by atoms with Gasteiger partial charge in [-0.3, -0.25) is 4.79 Å². The van der Waals surface area contributed by atoms with Gasteiger partial charge in [-0.2, -0.15) is 0 Å². The van der Waals surface area contributed by atoms with Crippen LogP contribution in [0.15, 0.2) is 48.5 Å². The van der Waals surface area contributed by atoms with Crippen LogP contribution in [0.4, 0.5) is 5.69 Å². The normalized spacial score (nSPS) is 16.9. The summed E-state index contributed by atoms with van der Waals surface area (Å²) in [6.45, 7) is 10.5. The molecule has 29 heavy (non-hydrogen) atoms.